The first kappa shape index (κ1) is 20.1. The molecule has 1 aliphatic heterocycles. The van der Waals surface area contributed by atoms with Crippen LogP contribution in [0, 0.1) is 28.9 Å². The van der Waals surface area contributed by atoms with E-state index in [4.69, 9.17) is 0 Å². The molecule has 0 spiro atoms. The van der Waals surface area contributed by atoms with E-state index < -0.39 is 41.0 Å². The first-order valence-electron chi connectivity index (χ1n) is 8.72. The van der Waals surface area contributed by atoms with Crippen molar-refractivity contribution in [3.05, 3.63) is 35.4 Å². The Labute approximate surface area is 152 Å². The van der Waals surface area contributed by atoms with Gasteiger partial charge in [0.25, 0.3) is 0 Å². The van der Waals surface area contributed by atoms with Gasteiger partial charge < -0.3 is 15.3 Å². The van der Waals surface area contributed by atoms with Gasteiger partial charge >= 0.3 is 12.0 Å². The number of carboxylic acids is 1. The van der Waals surface area contributed by atoms with Crippen LogP contribution >= 0.6 is 0 Å². The fourth-order valence-corrected chi connectivity index (χ4v) is 3.41. The number of rotatable bonds is 3. The van der Waals surface area contributed by atoms with E-state index in [1.54, 1.807) is 0 Å². The summed E-state index contributed by atoms with van der Waals surface area (Å²) >= 11 is 0. The van der Waals surface area contributed by atoms with E-state index >= 15 is 0 Å². The molecule has 7 heteroatoms. The molecule has 3 atom stereocenters. The number of carboxylic acid groups (broad SMARTS) is 1. The van der Waals surface area contributed by atoms with Gasteiger partial charge in [-0.25, -0.2) is 13.6 Å². The zero-order chi connectivity index (χ0) is 19.6. The van der Waals surface area contributed by atoms with Gasteiger partial charge in [-0.3, -0.25) is 4.79 Å². The van der Waals surface area contributed by atoms with E-state index in [9.17, 15) is 23.5 Å². The Hall–Kier alpha value is -2.18. The standard InChI is InChI=1S/C19H26F2N2O3/c1-11-7-12(17(24)25)10-23(9-11)18(26)22-16(19(2,3)4)14-6-5-13(20)8-15(14)21/h5-6,8,11-12,16H,7,9-10H2,1-4H3,(H,22,26)(H,24,25). The summed E-state index contributed by atoms with van der Waals surface area (Å²) in [5.74, 6) is -2.88. The highest BCUT2D eigenvalue weighted by molar-refractivity contribution is 5.77. The second-order valence-corrected chi connectivity index (χ2v) is 8.20. The number of carbonyl (C=O) groups is 2. The van der Waals surface area contributed by atoms with Gasteiger partial charge in [0.1, 0.15) is 11.6 Å². The summed E-state index contributed by atoms with van der Waals surface area (Å²) in [7, 11) is 0. The molecular weight excluding hydrogens is 342 g/mol. The lowest BCUT2D eigenvalue weighted by Gasteiger charge is -2.38. The Kier molecular flexibility index (Phi) is 5.88. The highest BCUT2D eigenvalue weighted by atomic mass is 19.1. The molecule has 144 valence electrons. The average Bonchev–Trinajstić information content (AvgIpc) is 2.51. The monoisotopic (exact) mass is 368 g/mol. The molecule has 1 saturated heterocycles. The molecule has 2 rings (SSSR count). The fourth-order valence-electron chi connectivity index (χ4n) is 3.41. The Morgan fingerprint density at radius 2 is 1.92 bits per heavy atom. The highest BCUT2D eigenvalue weighted by Gasteiger charge is 2.35. The van der Waals surface area contributed by atoms with Crippen LogP contribution < -0.4 is 5.32 Å². The van der Waals surface area contributed by atoms with Crippen LogP contribution in [0.1, 0.15) is 45.7 Å². The summed E-state index contributed by atoms with van der Waals surface area (Å²) in [5.41, 5.74) is -0.325. The van der Waals surface area contributed by atoms with Crippen LogP contribution in [0.2, 0.25) is 0 Å². The minimum Gasteiger partial charge on any atom is -0.481 e. The summed E-state index contributed by atoms with van der Waals surface area (Å²) in [5, 5.41) is 12.1. The molecule has 1 aromatic carbocycles. The molecule has 2 amide bonds. The van der Waals surface area contributed by atoms with Crippen molar-refractivity contribution in [2.24, 2.45) is 17.3 Å². The number of aliphatic carboxylic acids is 1. The number of halogens is 2. The Morgan fingerprint density at radius 1 is 1.27 bits per heavy atom. The molecule has 1 heterocycles. The normalized spacial score (nSPS) is 22.0. The number of carbonyl (C=O) groups excluding carboxylic acids is 1. The van der Waals surface area contributed by atoms with Crippen LogP contribution in [-0.4, -0.2) is 35.1 Å². The van der Waals surface area contributed by atoms with Crippen LogP contribution in [0.25, 0.3) is 0 Å². The lowest BCUT2D eigenvalue weighted by atomic mass is 9.82. The molecule has 5 nitrogen and oxygen atoms in total. The quantitative estimate of drug-likeness (QED) is 0.852. The molecule has 0 aliphatic carbocycles. The third-order valence-electron chi connectivity index (χ3n) is 4.70. The SMILES string of the molecule is CC1CC(C(=O)O)CN(C(=O)NC(c2ccc(F)cc2F)C(C)(C)C)C1. The number of piperidine rings is 1. The summed E-state index contributed by atoms with van der Waals surface area (Å²) in [6, 6.07) is 2.17. The van der Waals surface area contributed by atoms with Crippen LogP contribution in [-0.2, 0) is 4.79 Å². The maximum atomic E-state index is 14.3. The van der Waals surface area contributed by atoms with Gasteiger partial charge in [-0.1, -0.05) is 33.8 Å². The smallest absolute Gasteiger partial charge is 0.317 e. The van der Waals surface area contributed by atoms with Crippen LogP contribution in [0.15, 0.2) is 18.2 Å². The third-order valence-corrected chi connectivity index (χ3v) is 4.70. The van der Waals surface area contributed by atoms with Crippen LogP contribution in [0.3, 0.4) is 0 Å². The average molecular weight is 368 g/mol. The largest absolute Gasteiger partial charge is 0.481 e. The predicted octanol–water partition coefficient (Wildman–Crippen LogP) is 3.80. The molecule has 1 aromatic rings. The lowest BCUT2D eigenvalue weighted by molar-refractivity contribution is -0.143. The first-order valence-corrected chi connectivity index (χ1v) is 8.72. The van der Waals surface area contributed by atoms with Crippen molar-refractivity contribution < 1.29 is 23.5 Å². The second-order valence-electron chi connectivity index (χ2n) is 8.20. The van der Waals surface area contributed by atoms with Crippen LogP contribution in [0.4, 0.5) is 13.6 Å². The van der Waals surface area contributed by atoms with Gasteiger partial charge in [0.05, 0.1) is 12.0 Å². The molecule has 0 bridgehead atoms. The zero-order valence-electron chi connectivity index (χ0n) is 15.6. The van der Waals surface area contributed by atoms with Gasteiger partial charge in [0.2, 0.25) is 0 Å². The predicted molar refractivity (Wildman–Crippen MR) is 93.6 cm³/mol. The van der Waals surface area contributed by atoms with E-state index in [1.165, 1.54) is 11.0 Å². The number of nitrogens with zero attached hydrogens (tertiary/aromatic N) is 1. The van der Waals surface area contributed by atoms with Gasteiger partial charge in [0.15, 0.2) is 0 Å². The number of amides is 2. The molecule has 0 radical (unpaired) electrons. The minimum atomic E-state index is -0.925. The topological polar surface area (TPSA) is 69.6 Å². The van der Waals surface area contributed by atoms with Gasteiger partial charge in [-0.2, -0.15) is 0 Å². The molecule has 3 unspecified atom stereocenters. The molecule has 26 heavy (non-hydrogen) atoms. The molecule has 2 N–H and O–H groups in total. The molecule has 1 fully saturated rings. The first-order chi connectivity index (χ1) is 12.0. The molecule has 0 saturated carbocycles. The van der Waals surface area contributed by atoms with Crippen molar-refractivity contribution in [3.8, 4) is 0 Å². The van der Waals surface area contributed by atoms with Crippen molar-refractivity contribution in [2.75, 3.05) is 13.1 Å². The molecule has 0 aromatic heterocycles. The van der Waals surface area contributed by atoms with E-state index in [1.807, 2.05) is 27.7 Å². The van der Waals surface area contributed by atoms with Gasteiger partial charge in [-0.05, 0) is 23.8 Å². The van der Waals surface area contributed by atoms with Gasteiger partial charge in [0, 0.05) is 24.7 Å². The van der Waals surface area contributed by atoms with Gasteiger partial charge in [-0.15, -0.1) is 0 Å². The Morgan fingerprint density at radius 3 is 2.46 bits per heavy atom. The zero-order valence-corrected chi connectivity index (χ0v) is 15.6. The fraction of sp³-hybridized carbons (Fsp3) is 0.579. The minimum absolute atomic E-state index is 0.0613. The number of hydrogen-bond donors (Lipinski definition) is 2. The van der Waals surface area contributed by atoms with Crippen molar-refractivity contribution in [1.29, 1.82) is 0 Å². The Balaban J connectivity index is 2.23. The third kappa shape index (κ3) is 4.71. The van der Waals surface area contributed by atoms with Crippen molar-refractivity contribution >= 4 is 12.0 Å². The number of likely N-dealkylation sites (tertiary alicyclic amines) is 1. The van der Waals surface area contributed by atoms with Crippen molar-refractivity contribution in [2.45, 2.75) is 40.2 Å². The molecular formula is C19H26F2N2O3. The summed E-state index contributed by atoms with van der Waals surface area (Å²) in [6.45, 7) is 8.00. The van der Waals surface area contributed by atoms with E-state index in [-0.39, 0.29) is 18.0 Å². The van der Waals surface area contributed by atoms with E-state index in [0.29, 0.717) is 13.0 Å². The summed E-state index contributed by atoms with van der Waals surface area (Å²) < 4.78 is 27.5. The number of nitrogens with one attached hydrogen (secondary N) is 1. The highest BCUT2D eigenvalue weighted by Crippen LogP contribution is 2.35. The summed E-state index contributed by atoms with van der Waals surface area (Å²) in [4.78, 5) is 25.5. The number of benzene rings is 1. The molecule has 1 aliphatic rings. The number of urea groups is 1. The Bertz CT molecular complexity index is 688. The van der Waals surface area contributed by atoms with Crippen molar-refractivity contribution in [1.82, 2.24) is 10.2 Å². The second kappa shape index (κ2) is 7.60. The van der Waals surface area contributed by atoms with Crippen LogP contribution in [0.5, 0.6) is 0 Å². The maximum absolute atomic E-state index is 14.3. The van der Waals surface area contributed by atoms with E-state index in [0.717, 1.165) is 12.1 Å². The van der Waals surface area contributed by atoms with Crippen molar-refractivity contribution in [3.63, 3.8) is 0 Å². The maximum Gasteiger partial charge on any atom is 0.317 e. The summed E-state index contributed by atoms with van der Waals surface area (Å²) in [6.07, 6.45) is 0.522. The number of hydrogen-bond acceptors (Lipinski definition) is 2. The van der Waals surface area contributed by atoms with E-state index in [2.05, 4.69) is 5.32 Å². The lowest BCUT2D eigenvalue weighted by Crippen LogP contribution is -2.51.